The zero-order valence-electron chi connectivity index (χ0n) is 17.8. The smallest absolute Gasteiger partial charge is 0.270 e. The molecule has 0 radical (unpaired) electrons. The summed E-state index contributed by atoms with van der Waals surface area (Å²) >= 11 is 1.50. The molecule has 1 amide bonds. The first kappa shape index (κ1) is 21.6. The van der Waals surface area contributed by atoms with Gasteiger partial charge in [0.2, 0.25) is 0 Å². The second-order valence-corrected chi connectivity index (χ2v) is 8.59. The number of methoxy groups -OCH3 is 1. The zero-order chi connectivity index (χ0) is 21.6. The molecule has 8 nitrogen and oxygen atoms in total. The van der Waals surface area contributed by atoms with Gasteiger partial charge in [0.05, 0.1) is 41.6 Å². The number of hydrogen-bond donors (Lipinski definition) is 1. The summed E-state index contributed by atoms with van der Waals surface area (Å²) in [5.41, 5.74) is 4.76. The van der Waals surface area contributed by atoms with Crippen molar-refractivity contribution in [3.8, 4) is 21.7 Å². The number of nitrogens with zero attached hydrogens (tertiary/aromatic N) is 4. The van der Waals surface area contributed by atoms with Crippen LogP contribution in [0.3, 0.4) is 0 Å². The third-order valence-electron chi connectivity index (χ3n) is 5.43. The SMILES string of the molecule is COCCOC1CCC(NC(=O)c2cc(-c3cnn(C)c3)cc(-c3cncs3)n2)CC1. The minimum atomic E-state index is -0.153. The average molecular weight is 442 g/mol. The number of hydrogen-bond acceptors (Lipinski definition) is 7. The summed E-state index contributed by atoms with van der Waals surface area (Å²) in [4.78, 5) is 22.8. The van der Waals surface area contributed by atoms with Crippen LogP contribution in [0, 0.1) is 0 Å². The van der Waals surface area contributed by atoms with E-state index in [1.165, 1.54) is 11.3 Å². The Labute approximate surface area is 185 Å². The van der Waals surface area contributed by atoms with Crippen LogP contribution < -0.4 is 5.32 Å². The van der Waals surface area contributed by atoms with E-state index in [4.69, 9.17) is 9.47 Å². The van der Waals surface area contributed by atoms with Crippen molar-refractivity contribution in [2.45, 2.75) is 37.8 Å². The first-order chi connectivity index (χ1) is 15.1. The van der Waals surface area contributed by atoms with Crippen molar-refractivity contribution in [1.29, 1.82) is 0 Å². The molecule has 0 unspecified atom stereocenters. The first-order valence-electron chi connectivity index (χ1n) is 10.4. The molecule has 1 fully saturated rings. The maximum absolute atomic E-state index is 13.1. The fourth-order valence-corrected chi connectivity index (χ4v) is 4.37. The van der Waals surface area contributed by atoms with Crippen molar-refractivity contribution in [2.75, 3.05) is 20.3 Å². The molecule has 1 saturated carbocycles. The highest BCUT2D eigenvalue weighted by Gasteiger charge is 2.24. The number of aromatic nitrogens is 4. The van der Waals surface area contributed by atoms with E-state index in [-0.39, 0.29) is 18.1 Å². The molecule has 31 heavy (non-hydrogen) atoms. The number of amides is 1. The Kier molecular flexibility index (Phi) is 7.06. The molecule has 3 aromatic rings. The summed E-state index contributed by atoms with van der Waals surface area (Å²) in [5, 5.41) is 7.42. The first-order valence-corrected chi connectivity index (χ1v) is 11.3. The largest absolute Gasteiger partial charge is 0.382 e. The van der Waals surface area contributed by atoms with Crippen LogP contribution >= 0.6 is 11.3 Å². The van der Waals surface area contributed by atoms with E-state index in [1.54, 1.807) is 29.7 Å². The van der Waals surface area contributed by atoms with Gasteiger partial charge in [0, 0.05) is 38.2 Å². The van der Waals surface area contributed by atoms with E-state index in [2.05, 4.69) is 20.4 Å². The highest BCUT2D eigenvalue weighted by atomic mass is 32.1. The monoisotopic (exact) mass is 441 g/mol. The van der Waals surface area contributed by atoms with Crippen LogP contribution in [0.5, 0.6) is 0 Å². The van der Waals surface area contributed by atoms with Crippen LogP contribution in [0.15, 0.2) is 36.2 Å². The van der Waals surface area contributed by atoms with Gasteiger partial charge >= 0.3 is 0 Å². The lowest BCUT2D eigenvalue weighted by atomic mass is 9.93. The van der Waals surface area contributed by atoms with Crippen LogP contribution in [-0.4, -0.2) is 58.1 Å². The molecule has 1 aliphatic carbocycles. The zero-order valence-corrected chi connectivity index (χ0v) is 18.6. The van der Waals surface area contributed by atoms with Crippen molar-refractivity contribution in [2.24, 2.45) is 7.05 Å². The van der Waals surface area contributed by atoms with Gasteiger partial charge in [-0.15, -0.1) is 11.3 Å². The molecule has 0 atom stereocenters. The van der Waals surface area contributed by atoms with Gasteiger partial charge in [-0.05, 0) is 43.4 Å². The molecule has 0 saturated heterocycles. The Balaban J connectivity index is 1.47. The van der Waals surface area contributed by atoms with E-state index >= 15 is 0 Å². The maximum Gasteiger partial charge on any atom is 0.270 e. The Morgan fingerprint density at radius 2 is 2.03 bits per heavy atom. The second kappa shape index (κ2) is 10.1. The summed E-state index contributed by atoms with van der Waals surface area (Å²) in [7, 11) is 3.55. The van der Waals surface area contributed by atoms with Gasteiger partial charge in [-0.3, -0.25) is 14.5 Å². The lowest BCUT2D eigenvalue weighted by Crippen LogP contribution is -2.39. The van der Waals surface area contributed by atoms with E-state index in [0.29, 0.717) is 18.9 Å². The number of aryl methyl sites for hydroxylation is 1. The minimum absolute atomic E-state index is 0.130. The predicted octanol–water partition coefficient (Wildman–Crippen LogP) is 3.31. The van der Waals surface area contributed by atoms with Gasteiger partial charge in [-0.25, -0.2) is 4.98 Å². The van der Waals surface area contributed by atoms with E-state index in [0.717, 1.165) is 47.4 Å². The summed E-state index contributed by atoms with van der Waals surface area (Å²) in [6, 6.07) is 3.94. The quantitative estimate of drug-likeness (QED) is 0.539. The molecule has 1 aliphatic rings. The number of carbonyl (C=O) groups excluding carboxylic acids is 1. The van der Waals surface area contributed by atoms with Gasteiger partial charge in [-0.2, -0.15) is 5.10 Å². The standard InChI is InChI=1S/C22H27N5O3S/c1-27-13-16(11-24-27)15-9-19(21-12-23-14-31-21)26-20(10-15)22(28)25-17-3-5-18(6-4-17)30-8-7-29-2/h9-14,17-18H,3-8H2,1-2H3,(H,25,28). The van der Waals surface area contributed by atoms with Gasteiger partial charge in [0.15, 0.2) is 0 Å². The normalized spacial score (nSPS) is 18.8. The minimum Gasteiger partial charge on any atom is -0.382 e. The Hall–Kier alpha value is -2.62. The Morgan fingerprint density at radius 1 is 1.19 bits per heavy atom. The lowest BCUT2D eigenvalue weighted by molar-refractivity contribution is -0.00409. The molecule has 3 aromatic heterocycles. The predicted molar refractivity (Wildman–Crippen MR) is 119 cm³/mol. The summed E-state index contributed by atoms with van der Waals surface area (Å²) in [6.45, 7) is 1.22. The molecule has 0 spiro atoms. The average Bonchev–Trinajstić information content (AvgIpc) is 3.47. The second-order valence-electron chi connectivity index (χ2n) is 7.71. The molecule has 9 heteroatoms. The number of thiazole rings is 1. The molecule has 3 heterocycles. The molecule has 0 aliphatic heterocycles. The molecular weight excluding hydrogens is 414 g/mol. The van der Waals surface area contributed by atoms with Gasteiger partial charge in [-0.1, -0.05) is 0 Å². The summed E-state index contributed by atoms with van der Waals surface area (Å²) in [5.74, 6) is -0.153. The fourth-order valence-electron chi connectivity index (χ4n) is 3.78. The summed E-state index contributed by atoms with van der Waals surface area (Å²) < 4.78 is 12.6. The van der Waals surface area contributed by atoms with Crippen molar-refractivity contribution in [3.63, 3.8) is 0 Å². The van der Waals surface area contributed by atoms with E-state index < -0.39 is 0 Å². The van der Waals surface area contributed by atoms with Crippen molar-refractivity contribution < 1.29 is 14.3 Å². The van der Waals surface area contributed by atoms with E-state index in [9.17, 15) is 4.79 Å². The molecule has 1 N–H and O–H groups in total. The maximum atomic E-state index is 13.1. The van der Waals surface area contributed by atoms with Crippen LogP contribution in [0.25, 0.3) is 21.7 Å². The van der Waals surface area contributed by atoms with Gasteiger partial charge in [0.1, 0.15) is 5.69 Å². The van der Waals surface area contributed by atoms with Crippen LogP contribution in [0.1, 0.15) is 36.2 Å². The molecular formula is C22H27N5O3S. The third-order valence-corrected chi connectivity index (χ3v) is 6.23. The lowest BCUT2D eigenvalue weighted by Gasteiger charge is -2.29. The highest BCUT2D eigenvalue weighted by Crippen LogP contribution is 2.28. The van der Waals surface area contributed by atoms with E-state index in [1.807, 2.05) is 25.4 Å². The number of ether oxygens (including phenoxy) is 2. The molecule has 0 bridgehead atoms. The number of rotatable bonds is 8. The Morgan fingerprint density at radius 3 is 2.71 bits per heavy atom. The van der Waals surface area contributed by atoms with Crippen LogP contribution in [-0.2, 0) is 16.5 Å². The van der Waals surface area contributed by atoms with Crippen molar-refractivity contribution in [3.05, 3.63) is 41.9 Å². The number of carbonyl (C=O) groups is 1. The third kappa shape index (κ3) is 5.55. The molecule has 4 rings (SSSR count). The van der Waals surface area contributed by atoms with Crippen LogP contribution in [0.4, 0.5) is 0 Å². The topological polar surface area (TPSA) is 91.2 Å². The van der Waals surface area contributed by atoms with Crippen molar-refractivity contribution in [1.82, 2.24) is 25.1 Å². The molecule has 0 aromatic carbocycles. The molecule has 164 valence electrons. The fraction of sp³-hybridized carbons (Fsp3) is 0.455. The van der Waals surface area contributed by atoms with Crippen molar-refractivity contribution >= 4 is 17.2 Å². The highest BCUT2D eigenvalue weighted by molar-refractivity contribution is 7.13. The van der Waals surface area contributed by atoms with Gasteiger partial charge in [0.25, 0.3) is 5.91 Å². The van der Waals surface area contributed by atoms with Crippen LogP contribution in [0.2, 0.25) is 0 Å². The summed E-state index contributed by atoms with van der Waals surface area (Å²) in [6.07, 6.45) is 9.39. The Bertz CT molecular complexity index is 997. The number of pyridine rings is 1. The number of nitrogens with one attached hydrogen (secondary N) is 1. The van der Waals surface area contributed by atoms with Gasteiger partial charge < -0.3 is 14.8 Å².